The lowest BCUT2D eigenvalue weighted by molar-refractivity contribution is -0.870. The van der Waals surface area contributed by atoms with Gasteiger partial charge in [-0.15, -0.1) is 0 Å². The number of rotatable bonds is 61. The van der Waals surface area contributed by atoms with E-state index in [9.17, 15) is 19.0 Å². The van der Waals surface area contributed by atoms with Crippen LogP contribution in [0.4, 0.5) is 0 Å². The monoisotopic (exact) mass is 1130 g/mol. The first-order valence-electron chi connectivity index (χ1n) is 33.6. The fraction of sp³-hybridized carbons (Fsp3) is 0.826. The van der Waals surface area contributed by atoms with Gasteiger partial charge in [-0.1, -0.05) is 268 Å². The summed E-state index contributed by atoms with van der Waals surface area (Å²) in [6.07, 6.45) is 74.7. The normalized spacial score (nSPS) is 14.0. The molecule has 0 rings (SSSR count). The Hall–Kier alpha value is -2.29. The molecule has 0 bridgehead atoms. The van der Waals surface area contributed by atoms with Crippen molar-refractivity contribution in [3.63, 3.8) is 0 Å². The number of nitrogens with one attached hydrogen (secondary N) is 1. The van der Waals surface area contributed by atoms with Gasteiger partial charge in [-0.2, -0.15) is 0 Å². The van der Waals surface area contributed by atoms with E-state index >= 15 is 0 Å². The number of unbranched alkanes of at least 4 members (excludes halogenated alkanes) is 37. The zero-order valence-corrected chi connectivity index (χ0v) is 53.7. The van der Waals surface area contributed by atoms with Crippen molar-refractivity contribution in [2.75, 3.05) is 40.9 Å². The van der Waals surface area contributed by atoms with E-state index in [0.29, 0.717) is 17.4 Å². The molecule has 0 radical (unpaired) electrons. The third-order valence-corrected chi connectivity index (χ3v) is 15.9. The van der Waals surface area contributed by atoms with Crippen molar-refractivity contribution < 1.29 is 37.3 Å². The molecule has 9 nitrogen and oxygen atoms in total. The standard InChI is InChI=1S/C69H129N2O7P/c1-7-10-13-16-19-22-25-27-29-31-33-34-35-36-38-40-42-44-47-50-53-56-59-62-69(73)78-67(60-57-54-51-48-45-24-21-18-15-12-9-3)66(65-77-79(74,75)76-64-63-71(4,5)6)70-68(72)61-58-55-52-49-46-43-41-39-37-32-30-28-26-23-20-17-14-11-8-2/h19,22,27-30,33-34,57,60,66-67H,7-18,20-21,23-26,31-32,35-56,58-59,61-65H2,1-6H3,(H-,70,72,74,75)/b22-19-,29-27-,30-28+,34-33-,60-57+. The van der Waals surface area contributed by atoms with E-state index in [1.54, 1.807) is 0 Å². The van der Waals surface area contributed by atoms with E-state index in [1.165, 1.54) is 212 Å². The average molecular weight is 1130 g/mol. The van der Waals surface area contributed by atoms with Crippen LogP contribution in [0.1, 0.15) is 316 Å². The van der Waals surface area contributed by atoms with E-state index in [1.807, 2.05) is 33.3 Å². The Morgan fingerprint density at radius 1 is 0.443 bits per heavy atom. The predicted molar refractivity (Wildman–Crippen MR) is 339 cm³/mol. The summed E-state index contributed by atoms with van der Waals surface area (Å²) in [4.78, 5) is 40.1. The highest BCUT2D eigenvalue weighted by Crippen LogP contribution is 2.38. The van der Waals surface area contributed by atoms with E-state index in [0.717, 1.165) is 70.6 Å². The van der Waals surface area contributed by atoms with Crippen LogP contribution in [0.5, 0.6) is 0 Å². The maximum Gasteiger partial charge on any atom is 0.306 e. The number of carbonyl (C=O) groups excluding carboxylic acids is 2. The van der Waals surface area contributed by atoms with Crippen LogP contribution in [0.25, 0.3) is 0 Å². The summed E-state index contributed by atoms with van der Waals surface area (Å²) in [6, 6.07) is -0.891. The summed E-state index contributed by atoms with van der Waals surface area (Å²) in [5, 5.41) is 3.04. The summed E-state index contributed by atoms with van der Waals surface area (Å²) >= 11 is 0. The van der Waals surface area contributed by atoms with Crippen LogP contribution in [0, 0.1) is 0 Å². The van der Waals surface area contributed by atoms with Crippen LogP contribution in [-0.2, 0) is 27.9 Å². The van der Waals surface area contributed by atoms with Crippen molar-refractivity contribution in [1.29, 1.82) is 0 Å². The number of amides is 1. The number of likely N-dealkylation sites (N-methyl/N-ethyl adjacent to an activating group) is 1. The van der Waals surface area contributed by atoms with Gasteiger partial charge in [0.05, 0.1) is 33.8 Å². The minimum Gasteiger partial charge on any atom is -0.756 e. The maximum absolute atomic E-state index is 13.6. The van der Waals surface area contributed by atoms with Crippen molar-refractivity contribution in [3.05, 3.63) is 60.8 Å². The zero-order chi connectivity index (χ0) is 57.9. The van der Waals surface area contributed by atoms with Gasteiger partial charge >= 0.3 is 5.97 Å². The quantitative estimate of drug-likeness (QED) is 0.0212. The number of nitrogens with zero attached hydrogens (tertiary/aromatic N) is 1. The van der Waals surface area contributed by atoms with Gasteiger partial charge in [0.2, 0.25) is 5.91 Å². The summed E-state index contributed by atoms with van der Waals surface area (Å²) in [6.45, 7) is 6.83. The number of esters is 1. The second-order valence-electron chi connectivity index (χ2n) is 24.0. The van der Waals surface area contributed by atoms with Gasteiger partial charge in [0.15, 0.2) is 0 Å². The summed E-state index contributed by atoms with van der Waals surface area (Å²) in [5.41, 5.74) is 0. The second-order valence-corrected chi connectivity index (χ2v) is 25.4. The molecule has 0 saturated carbocycles. The number of quaternary nitrogens is 1. The largest absolute Gasteiger partial charge is 0.756 e. The van der Waals surface area contributed by atoms with Gasteiger partial charge in [-0.3, -0.25) is 14.2 Å². The van der Waals surface area contributed by atoms with E-state index in [2.05, 4.69) is 74.7 Å². The van der Waals surface area contributed by atoms with Crippen LogP contribution < -0.4 is 10.2 Å². The number of phosphoric ester groups is 1. The van der Waals surface area contributed by atoms with Crippen LogP contribution in [0.3, 0.4) is 0 Å². The first-order chi connectivity index (χ1) is 38.4. The maximum atomic E-state index is 13.6. The molecule has 462 valence electrons. The topological polar surface area (TPSA) is 114 Å². The molecule has 0 aliphatic rings. The van der Waals surface area contributed by atoms with Gasteiger partial charge in [-0.25, -0.2) is 0 Å². The molecule has 1 N–H and O–H groups in total. The van der Waals surface area contributed by atoms with Crippen molar-refractivity contribution >= 4 is 19.7 Å². The fourth-order valence-electron chi connectivity index (χ4n) is 9.70. The molecule has 10 heteroatoms. The molecule has 3 atom stereocenters. The van der Waals surface area contributed by atoms with Crippen molar-refractivity contribution in [2.45, 2.75) is 328 Å². The molecule has 1 amide bonds. The molecule has 0 aliphatic heterocycles. The molecule has 0 heterocycles. The van der Waals surface area contributed by atoms with Crippen LogP contribution in [0.15, 0.2) is 60.8 Å². The van der Waals surface area contributed by atoms with E-state index in [-0.39, 0.29) is 31.5 Å². The molecule has 0 aliphatic carbocycles. The van der Waals surface area contributed by atoms with E-state index < -0.39 is 20.0 Å². The van der Waals surface area contributed by atoms with Crippen LogP contribution in [0.2, 0.25) is 0 Å². The first-order valence-corrected chi connectivity index (χ1v) is 35.1. The molecule has 0 saturated heterocycles. The summed E-state index contributed by atoms with van der Waals surface area (Å²) in [7, 11) is 1.19. The highest BCUT2D eigenvalue weighted by molar-refractivity contribution is 7.45. The minimum atomic E-state index is -4.70. The molecular formula is C69H129N2O7P. The van der Waals surface area contributed by atoms with Crippen LogP contribution >= 0.6 is 7.82 Å². The molecule has 3 unspecified atom stereocenters. The zero-order valence-electron chi connectivity index (χ0n) is 52.8. The van der Waals surface area contributed by atoms with Gasteiger partial charge < -0.3 is 28.5 Å². The van der Waals surface area contributed by atoms with Crippen molar-refractivity contribution in [1.82, 2.24) is 5.32 Å². The van der Waals surface area contributed by atoms with Gasteiger partial charge in [-0.05, 0) is 96.0 Å². The molecule has 79 heavy (non-hydrogen) atoms. The molecule has 0 aromatic carbocycles. The Bertz CT molecular complexity index is 1540. The Balaban J connectivity index is 5.11. The number of carbonyl (C=O) groups is 2. The Kier molecular flexibility index (Phi) is 57.2. The average Bonchev–Trinajstić information content (AvgIpc) is 3.41. The first kappa shape index (κ1) is 76.7. The smallest absolute Gasteiger partial charge is 0.306 e. The Morgan fingerprint density at radius 2 is 0.772 bits per heavy atom. The highest BCUT2D eigenvalue weighted by Gasteiger charge is 2.27. The summed E-state index contributed by atoms with van der Waals surface area (Å²) < 4.78 is 30.4. The highest BCUT2D eigenvalue weighted by atomic mass is 31.2. The number of hydrogen-bond acceptors (Lipinski definition) is 7. The lowest BCUT2D eigenvalue weighted by atomic mass is 10.0. The molecule has 0 spiro atoms. The number of ether oxygens (including phenoxy) is 1. The van der Waals surface area contributed by atoms with Gasteiger partial charge in [0, 0.05) is 12.8 Å². The SMILES string of the molecule is CCCCC/C=C\C/C=C\C/C=C\CCCCCCCCCCCCC(=O)OC(/C=C/CCCCCCCCCCC)C(COP(=O)([O-])OCC[N+](C)(C)C)NC(=O)CCCCCCCCCCC/C=C/CCCCCCCC. The fourth-order valence-corrected chi connectivity index (χ4v) is 10.4. The molecule has 0 aromatic heterocycles. The number of phosphoric acid groups is 1. The third-order valence-electron chi connectivity index (χ3n) is 14.9. The lowest BCUT2D eigenvalue weighted by Crippen LogP contribution is -2.47. The predicted octanol–water partition coefficient (Wildman–Crippen LogP) is 20.4. The van der Waals surface area contributed by atoms with Gasteiger partial charge in [0.25, 0.3) is 7.82 Å². The van der Waals surface area contributed by atoms with E-state index in [4.69, 9.17) is 13.8 Å². The minimum absolute atomic E-state index is 0.0237. The van der Waals surface area contributed by atoms with Gasteiger partial charge in [0.1, 0.15) is 19.3 Å². The van der Waals surface area contributed by atoms with Crippen LogP contribution in [-0.4, -0.2) is 69.4 Å². The number of allylic oxidation sites excluding steroid dienone is 9. The molecular weight excluding hydrogens is 1000 g/mol. The third kappa shape index (κ3) is 60.1. The lowest BCUT2D eigenvalue weighted by Gasteiger charge is -2.30. The second kappa shape index (κ2) is 58.9. The summed E-state index contributed by atoms with van der Waals surface area (Å²) in [5.74, 6) is -0.540. The Morgan fingerprint density at radius 3 is 1.19 bits per heavy atom. The Labute approximate surface area is 490 Å². The van der Waals surface area contributed by atoms with Crippen molar-refractivity contribution in [2.24, 2.45) is 0 Å². The molecule has 0 fully saturated rings. The molecule has 0 aromatic rings. The van der Waals surface area contributed by atoms with Crippen molar-refractivity contribution in [3.8, 4) is 0 Å². The number of hydrogen-bond donors (Lipinski definition) is 1.